The molecule has 3 aromatic rings. The zero-order chi connectivity index (χ0) is 13.9. The van der Waals surface area contributed by atoms with E-state index < -0.39 is 5.76 Å². The van der Waals surface area contributed by atoms with Crippen LogP contribution in [-0.4, -0.2) is 10.9 Å². The SMILES string of the molecule is O=C(Cc1ccccc1)Nc1ccc2[nH]c(=O)oc2c1. The molecule has 5 heteroatoms. The van der Waals surface area contributed by atoms with E-state index in [4.69, 9.17) is 4.42 Å². The van der Waals surface area contributed by atoms with Crippen molar-refractivity contribution in [2.24, 2.45) is 0 Å². The number of aromatic amines is 1. The van der Waals surface area contributed by atoms with Crippen molar-refractivity contribution in [3.63, 3.8) is 0 Å². The summed E-state index contributed by atoms with van der Waals surface area (Å²) in [4.78, 5) is 25.5. The molecule has 0 spiro atoms. The molecule has 2 N–H and O–H groups in total. The van der Waals surface area contributed by atoms with Gasteiger partial charge in [0.25, 0.3) is 0 Å². The van der Waals surface area contributed by atoms with E-state index in [-0.39, 0.29) is 5.91 Å². The first-order valence-corrected chi connectivity index (χ1v) is 6.17. The summed E-state index contributed by atoms with van der Waals surface area (Å²) in [6.07, 6.45) is 0.302. The van der Waals surface area contributed by atoms with Gasteiger partial charge in [0.15, 0.2) is 5.58 Å². The van der Waals surface area contributed by atoms with E-state index in [1.807, 2.05) is 30.3 Å². The van der Waals surface area contributed by atoms with E-state index in [2.05, 4.69) is 10.3 Å². The highest BCUT2D eigenvalue weighted by Crippen LogP contribution is 2.16. The lowest BCUT2D eigenvalue weighted by Gasteiger charge is -2.05. The Morgan fingerprint density at radius 3 is 2.75 bits per heavy atom. The molecule has 1 heterocycles. The third-order valence-electron chi connectivity index (χ3n) is 2.91. The Labute approximate surface area is 114 Å². The van der Waals surface area contributed by atoms with Crippen molar-refractivity contribution in [3.8, 4) is 0 Å². The lowest BCUT2D eigenvalue weighted by molar-refractivity contribution is -0.115. The predicted octanol–water partition coefficient (Wildman–Crippen LogP) is 2.30. The lowest BCUT2D eigenvalue weighted by Crippen LogP contribution is -2.14. The summed E-state index contributed by atoms with van der Waals surface area (Å²) < 4.78 is 4.95. The summed E-state index contributed by atoms with van der Waals surface area (Å²) in [7, 11) is 0. The van der Waals surface area contributed by atoms with E-state index in [0.29, 0.717) is 23.2 Å². The molecule has 0 atom stereocenters. The third-order valence-corrected chi connectivity index (χ3v) is 2.91. The standard InChI is InChI=1S/C15H12N2O3/c18-14(8-10-4-2-1-3-5-10)16-11-6-7-12-13(9-11)20-15(19)17-12/h1-7,9H,8H2,(H,16,18)(H,17,19). The Morgan fingerprint density at radius 1 is 1.15 bits per heavy atom. The van der Waals surface area contributed by atoms with Gasteiger partial charge in [-0.25, -0.2) is 4.79 Å². The molecule has 2 aromatic carbocycles. The molecule has 0 aliphatic heterocycles. The normalized spacial score (nSPS) is 10.6. The number of nitrogens with one attached hydrogen (secondary N) is 2. The Morgan fingerprint density at radius 2 is 1.95 bits per heavy atom. The fourth-order valence-electron chi connectivity index (χ4n) is 2.01. The van der Waals surface area contributed by atoms with Crippen LogP contribution in [0.2, 0.25) is 0 Å². The van der Waals surface area contributed by atoms with Crippen LogP contribution in [0.15, 0.2) is 57.7 Å². The number of anilines is 1. The van der Waals surface area contributed by atoms with Crippen LogP contribution in [0.1, 0.15) is 5.56 Å². The number of oxazole rings is 1. The van der Waals surface area contributed by atoms with Gasteiger partial charge in [0, 0.05) is 11.8 Å². The van der Waals surface area contributed by atoms with Gasteiger partial charge in [-0.15, -0.1) is 0 Å². The van der Waals surface area contributed by atoms with E-state index in [1.165, 1.54) is 0 Å². The van der Waals surface area contributed by atoms with Crippen LogP contribution in [0, 0.1) is 0 Å². The smallest absolute Gasteiger partial charge is 0.408 e. The van der Waals surface area contributed by atoms with Crippen molar-refractivity contribution in [1.82, 2.24) is 4.98 Å². The zero-order valence-electron chi connectivity index (χ0n) is 10.6. The second-order valence-electron chi connectivity index (χ2n) is 4.44. The number of amides is 1. The van der Waals surface area contributed by atoms with Gasteiger partial charge in [-0.1, -0.05) is 30.3 Å². The number of hydrogen-bond donors (Lipinski definition) is 2. The van der Waals surface area contributed by atoms with Gasteiger partial charge in [0.1, 0.15) is 0 Å². The topological polar surface area (TPSA) is 75.1 Å². The van der Waals surface area contributed by atoms with Gasteiger partial charge in [0.2, 0.25) is 5.91 Å². The van der Waals surface area contributed by atoms with Crippen molar-refractivity contribution in [1.29, 1.82) is 0 Å². The third kappa shape index (κ3) is 2.61. The second-order valence-corrected chi connectivity index (χ2v) is 4.44. The van der Waals surface area contributed by atoms with Crippen molar-refractivity contribution < 1.29 is 9.21 Å². The molecular weight excluding hydrogens is 256 g/mol. The number of hydrogen-bond acceptors (Lipinski definition) is 3. The van der Waals surface area contributed by atoms with Crippen LogP contribution in [0.5, 0.6) is 0 Å². The van der Waals surface area contributed by atoms with E-state index in [0.717, 1.165) is 5.56 Å². The van der Waals surface area contributed by atoms with Gasteiger partial charge in [-0.3, -0.25) is 9.78 Å². The molecule has 0 radical (unpaired) electrons. The van der Waals surface area contributed by atoms with Gasteiger partial charge < -0.3 is 9.73 Å². The summed E-state index contributed by atoms with van der Waals surface area (Å²) in [5.74, 6) is -0.624. The number of carbonyl (C=O) groups is 1. The number of rotatable bonds is 3. The van der Waals surface area contributed by atoms with Crippen LogP contribution in [0.3, 0.4) is 0 Å². The molecule has 0 aliphatic rings. The maximum Gasteiger partial charge on any atom is 0.417 e. The highest BCUT2D eigenvalue weighted by atomic mass is 16.4. The van der Waals surface area contributed by atoms with E-state index >= 15 is 0 Å². The summed E-state index contributed by atoms with van der Waals surface area (Å²) >= 11 is 0. The average molecular weight is 268 g/mol. The van der Waals surface area contributed by atoms with Crippen molar-refractivity contribution in [3.05, 3.63) is 64.6 Å². The maximum atomic E-state index is 11.9. The molecular formula is C15H12N2O3. The lowest BCUT2D eigenvalue weighted by atomic mass is 10.1. The Kier molecular flexibility index (Phi) is 3.09. The molecule has 0 saturated heterocycles. The molecule has 0 unspecified atom stereocenters. The summed E-state index contributed by atoms with van der Waals surface area (Å²) in [5.41, 5.74) is 2.57. The van der Waals surface area contributed by atoms with Gasteiger partial charge >= 0.3 is 5.76 Å². The summed E-state index contributed by atoms with van der Waals surface area (Å²) in [6, 6.07) is 14.5. The number of H-pyrrole nitrogens is 1. The highest BCUT2D eigenvalue weighted by molar-refractivity contribution is 5.93. The Balaban J connectivity index is 1.75. The molecule has 0 aliphatic carbocycles. The van der Waals surface area contributed by atoms with Gasteiger partial charge in [0.05, 0.1) is 11.9 Å². The van der Waals surface area contributed by atoms with Crippen LogP contribution in [-0.2, 0) is 11.2 Å². The van der Waals surface area contributed by atoms with Crippen LogP contribution >= 0.6 is 0 Å². The minimum Gasteiger partial charge on any atom is -0.408 e. The quantitative estimate of drug-likeness (QED) is 0.765. The van der Waals surface area contributed by atoms with Crippen molar-refractivity contribution >= 4 is 22.7 Å². The molecule has 0 fully saturated rings. The van der Waals surface area contributed by atoms with Crippen LogP contribution in [0.25, 0.3) is 11.1 Å². The first-order valence-electron chi connectivity index (χ1n) is 6.17. The Bertz CT molecular complexity index is 803. The Hall–Kier alpha value is -2.82. The minimum absolute atomic E-state index is 0.117. The molecule has 20 heavy (non-hydrogen) atoms. The summed E-state index contributed by atoms with van der Waals surface area (Å²) in [5, 5.41) is 2.78. The number of aromatic nitrogens is 1. The first-order chi connectivity index (χ1) is 9.70. The number of carbonyl (C=O) groups excluding carboxylic acids is 1. The number of fused-ring (bicyclic) bond motifs is 1. The van der Waals surface area contributed by atoms with E-state index in [9.17, 15) is 9.59 Å². The second kappa shape index (κ2) is 5.05. The largest absolute Gasteiger partial charge is 0.417 e. The minimum atomic E-state index is -0.507. The summed E-state index contributed by atoms with van der Waals surface area (Å²) in [6.45, 7) is 0. The van der Waals surface area contributed by atoms with Gasteiger partial charge in [-0.2, -0.15) is 0 Å². The van der Waals surface area contributed by atoms with Crippen molar-refractivity contribution in [2.75, 3.05) is 5.32 Å². The molecule has 1 aromatic heterocycles. The maximum absolute atomic E-state index is 11.9. The predicted molar refractivity (Wildman–Crippen MR) is 75.6 cm³/mol. The zero-order valence-corrected chi connectivity index (χ0v) is 10.6. The molecule has 100 valence electrons. The number of benzene rings is 2. The first kappa shape index (κ1) is 12.2. The molecule has 5 nitrogen and oxygen atoms in total. The molecule has 0 saturated carbocycles. The van der Waals surface area contributed by atoms with Gasteiger partial charge in [-0.05, 0) is 17.7 Å². The fraction of sp³-hybridized carbons (Fsp3) is 0.0667. The molecule has 1 amide bonds. The fourth-order valence-corrected chi connectivity index (χ4v) is 2.01. The van der Waals surface area contributed by atoms with Crippen molar-refractivity contribution in [2.45, 2.75) is 6.42 Å². The average Bonchev–Trinajstić information content (AvgIpc) is 2.79. The van der Waals surface area contributed by atoms with Crippen LogP contribution < -0.4 is 11.1 Å². The van der Waals surface area contributed by atoms with Crippen LogP contribution in [0.4, 0.5) is 5.69 Å². The monoisotopic (exact) mass is 268 g/mol. The van der Waals surface area contributed by atoms with E-state index in [1.54, 1.807) is 18.2 Å². The molecule has 3 rings (SSSR count). The molecule has 0 bridgehead atoms. The highest BCUT2D eigenvalue weighted by Gasteiger charge is 2.06.